The van der Waals surface area contributed by atoms with Crippen LogP contribution in [0.2, 0.25) is 0 Å². The summed E-state index contributed by atoms with van der Waals surface area (Å²) in [7, 11) is 0. The molecule has 3 rings (SSSR count). The number of rotatable bonds is 6. The quantitative estimate of drug-likeness (QED) is 0.825. The molecule has 2 N–H and O–H groups in total. The molecule has 0 bridgehead atoms. The van der Waals surface area contributed by atoms with E-state index in [2.05, 4.69) is 23.6 Å². The van der Waals surface area contributed by atoms with Gasteiger partial charge in [0.1, 0.15) is 6.04 Å². The molecule has 0 heterocycles. The van der Waals surface area contributed by atoms with Gasteiger partial charge in [0.05, 0.1) is 12.0 Å². The lowest BCUT2D eigenvalue weighted by Crippen LogP contribution is -2.50. The van der Waals surface area contributed by atoms with Crippen LogP contribution < -0.4 is 10.6 Å². The monoisotopic (exact) mass is 353 g/mol. The molecule has 0 saturated heterocycles. The first-order valence-electron chi connectivity index (χ1n) is 9.72. The van der Waals surface area contributed by atoms with Crippen LogP contribution in [0.25, 0.3) is 0 Å². The van der Waals surface area contributed by atoms with Crippen LogP contribution >= 0.6 is 0 Å². The number of nitrogens with zero attached hydrogens (tertiary/aromatic N) is 1. The number of aryl methyl sites for hydroxylation is 1. The van der Waals surface area contributed by atoms with Crippen LogP contribution in [-0.4, -0.2) is 23.9 Å². The minimum absolute atomic E-state index is 0.0882. The van der Waals surface area contributed by atoms with Crippen LogP contribution in [0.4, 0.5) is 0 Å². The first-order chi connectivity index (χ1) is 12.6. The zero-order valence-corrected chi connectivity index (χ0v) is 15.3. The Bertz CT molecular complexity index is 688. The van der Waals surface area contributed by atoms with Crippen molar-refractivity contribution in [1.29, 1.82) is 5.26 Å². The highest BCUT2D eigenvalue weighted by Gasteiger charge is 2.37. The normalized spacial score (nSPS) is 23.5. The van der Waals surface area contributed by atoms with Crippen molar-refractivity contribution in [3.05, 3.63) is 35.4 Å². The Kier molecular flexibility index (Phi) is 5.92. The van der Waals surface area contributed by atoms with Gasteiger partial charge < -0.3 is 10.6 Å². The topological polar surface area (TPSA) is 82.0 Å². The van der Waals surface area contributed by atoms with Gasteiger partial charge in [-0.15, -0.1) is 0 Å². The van der Waals surface area contributed by atoms with Gasteiger partial charge in [0, 0.05) is 11.6 Å². The first kappa shape index (κ1) is 18.4. The van der Waals surface area contributed by atoms with E-state index in [1.165, 1.54) is 5.56 Å². The van der Waals surface area contributed by atoms with Crippen LogP contribution in [0.5, 0.6) is 0 Å². The van der Waals surface area contributed by atoms with Crippen LogP contribution in [0.3, 0.4) is 0 Å². The Morgan fingerprint density at radius 2 is 1.85 bits per heavy atom. The van der Waals surface area contributed by atoms with Crippen molar-refractivity contribution >= 4 is 11.8 Å². The molecule has 5 heteroatoms. The number of benzene rings is 1. The van der Waals surface area contributed by atoms with Crippen molar-refractivity contribution in [3.63, 3.8) is 0 Å². The second-order valence-electron chi connectivity index (χ2n) is 7.47. The van der Waals surface area contributed by atoms with Crippen LogP contribution in [-0.2, 0) is 11.2 Å². The number of amides is 2. The van der Waals surface area contributed by atoms with Crippen molar-refractivity contribution in [2.45, 2.75) is 64.0 Å². The molecule has 0 aliphatic heterocycles. The van der Waals surface area contributed by atoms with Crippen molar-refractivity contribution in [1.82, 2.24) is 10.6 Å². The summed E-state index contributed by atoms with van der Waals surface area (Å²) < 4.78 is 0. The van der Waals surface area contributed by atoms with Crippen LogP contribution in [0.1, 0.15) is 61.4 Å². The number of nitrogens with one attached hydrogen (secondary N) is 2. The lowest BCUT2D eigenvalue weighted by Gasteiger charge is -2.32. The SMILES string of the molecule is CCc1ccc(C(=O)N[C@H]2CCCC[C@H]2C(=O)NC(C#N)C2CC2)cc1. The maximum Gasteiger partial charge on any atom is 0.251 e. The Labute approximate surface area is 155 Å². The van der Waals surface area contributed by atoms with Gasteiger partial charge >= 0.3 is 0 Å². The summed E-state index contributed by atoms with van der Waals surface area (Å²) in [5.74, 6) is -0.166. The molecule has 0 spiro atoms. The van der Waals surface area contributed by atoms with E-state index in [-0.39, 0.29) is 29.8 Å². The van der Waals surface area contributed by atoms with E-state index in [1.807, 2.05) is 24.3 Å². The number of carbonyl (C=O) groups is 2. The highest BCUT2D eigenvalue weighted by atomic mass is 16.2. The maximum atomic E-state index is 12.7. The minimum atomic E-state index is -0.387. The van der Waals surface area contributed by atoms with Crippen molar-refractivity contribution in [2.75, 3.05) is 0 Å². The molecular weight excluding hydrogens is 326 g/mol. The van der Waals surface area contributed by atoms with Gasteiger partial charge in [0.25, 0.3) is 5.91 Å². The van der Waals surface area contributed by atoms with Gasteiger partial charge in [-0.2, -0.15) is 5.26 Å². The van der Waals surface area contributed by atoms with E-state index in [0.717, 1.165) is 44.9 Å². The molecule has 2 saturated carbocycles. The fourth-order valence-electron chi connectivity index (χ4n) is 3.71. The molecule has 5 nitrogen and oxygen atoms in total. The Hall–Kier alpha value is -2.35. The molecule has 0 aromatic heterocycles. The molecule has 2 aliphatic carbocycles. The third kappa shape index (κ3) is 4.43. The van der Waals surface area contributed by atoms with Gasteiger partial charge in [-0.05, 0) is 55.7 Å². The third-order valence-corrected chi connectivity index (χ3v) is 5.57. The standard InChI is InChI=1S/C21H27N3O2/c1-2-14-7-9-16(10-8-14)20(25)23-18-6-4-3-5-17(18)21(26)24-19(13-22)15-11-12-15/h7-10,15,17-19H,2-6,11-12H2,1H3,(H,23,25)(H,24,26)/t17-,18+,19?/m1/s1. The Morgan fingerprint density at radius 1 is 1.15 bits per heavy atom. The molecule has 26 heavy (non-hydrogen) atoms. The Morgan fingerprint density at radius 3 is 2.46 bits per heavy atom. The molecule has 1 unspecified atom stereocenters. The number of hydrogen-bond acceptors (Lipinski definition) is 3. The van der Waals surface area contributed by atoms with Gasteiger partial charge in [-0.3, -0.25) is 9.59 Å². The average Bonchev–Trinajstić information content (AvgIpc) is 3.51. The largest absolute Gasteiger partial charge is 0.349 e. The molecule has 1 aromatic carbocycles. The number of nitriles is 1. The molecule has 2 fully saturated rings. The minimum Gasteiger partial charge on any atom is -0.349 e. The molecule has 138 valence electrons. The van der Waals surface area contributed by atoms with Crippen molar-refractivity contribution in [3.8, 4) is 6.07 Å². The van der Waals surface area contributed by atoms with Gasteiger partial charge in [-0.1, -0.05) is 31.9 Å². The second kappa shape index (κ2) is 8.35. The molecular formula is C21H27N3O2. The predicted octanol–water partition coefficient (Wildman–Crippen LogP) is 2.96. The van der Waals surface area contributed by atoms with Gasteiger partial charge in [0.2, 0.25) is 5.91 Å². The summed E-state index contributed by atoms with van der Waals surface area (Å²) >= 11 is 0. The fraction of sp³-hybridized carbons (Fsp3) is 0.571. The molecule has 3 atom stereocenters. The highest BCUT2D eigenvalue weighted by molar-refractivity contribution is 5.95. The van der Waals surface area contributed by atoms with Crippen LogP contribution in [0, 0.1) is 23.2 Å². The summed E-state index contributed by atoms with van der Waals surface area (Å²) in [6, 6.07) is 9.26. The van der Waals surface area contributed by atoms with Crippen LogP contribution in [0.15, 0.2) is 24.3 Å². The van der Waals surface area contributed by atoms with Crippen molar-refractivity contribution in [2.24, 2.45) is 11.8 Å². The summed E-state index contributed by atoms with van der Waals surface area (Å²) in [5.41, 5.74) is 1.82. The predicted molar refractivity (Wildman–Crippen MR) is 99.3 cm³/mol. The lowest BCUT2D eigenvalue weighted by molar-refractivity contribution is -0.127. The third-order valence-electron chi connectivity index (χ3n) is 5.57. The van der Waals surface area contributed by atoms with E-state index in [4.69, 9.17) is 0 Å². The summed E-state index contributed by atoms with van der Waals surface area (Å²) in [6.45, 7) is 2.08. The zero-order chi connectivity index (χ0) is 18.5. The van der Waals surface area contributed by atoms with Gasteiger partial charge in [0.15, 0.2) is 0 Å². The summed E-state index contributed by atoms with van der Waals surface area (Å²) in [5, 5.41) is 15.2. The van der Waals surface area contributed by atoms with E-state index < -0.39 is 0 Å². The average molecular weight is 353 g/mol. The fourth-order valence-corrected chi connectivity index (χ4v) is 3.71. The Balaban J connectivity index is 1.63. The first-order valence-corrected chi connectivity index (χ1v) is 9.72. The maximum absolute atomic E-state index is 12.7. The van der Waals surface area contributed by atoms with E-state index in [0.29, 0.717) is 11.5 Å². The zero-order valence-electron chi connectivity index (χ0n) is 15.3. The molecule has 2 amide bonds. The van der Waals surface area contributed by atoms with Crippen molar-refractivity contribution < 1.29 is 9.59 Å². The summed E-state index contributed by atoms with van der Waals surface area (Å²) in [4.78, 5) is 25.3. The lowest BCUT2D eigenvalue weighted by atomic mass is 9.83. The van der Waals surface area contributed by atoms with Gasteiger partial charge in [-0.25, -0.2) is 0 Å². The van der Waals surface area contributed by atoms with E-state index in [1.54, 1.807) is 0 Å². The summed E-state index contributed by atoms with van der Waals surface area (Å²) in [6.07, 6.45) is 6.51. The number of carbonyl (C=O) groups excluding carboxylic acids is 2. The van der Waals surface area contributed by atoms with E-state index in [9.17, 15) is 14.9 Å². The molecule has 2 aliphatic rings. The molecule has 1 aromatic rings. The smallest absolute Gasteiger partial charge is 0.251 e. The second-order valence-corrected chi connectivity index (χ2v) is 7.47. The number of hydrogen-bond donors (Lipinski definition) is 2. The molecule has 0 radical (unpaired) electrons. The van der Waals surface area contributed by atoms with E-state index >= 15 is 0 Å². The highest BCUT2D eigenvalue weighted by Crippen LogP contribution is 2.33.